The molecular weight excluding hydrogens is 404 g/mol. The summed E-state index contributed by atoms with van der Waals surface area (Å²) in [6, 6.07) is 8.46. The van der Waals surface area contributed by atoms with E-state index in [0.717, 1.165) is 6.07 Å². The molecule has 0 atom stereocenters. The minimum atomic E-state index is -4.85. The number of alkyl halides is 3. The molecule has 1 aromatic heterocycles. The largest absolute Gasteiger partial charge is 0.419 e. The molecule has 3 aromatic rings. The summed E-state index contributed by atoms with van der Waals surface area (Å²) in [5, 5.41) is 14.9. The molecule has 0 spiro atoms. The van der Waals surface area contributed by atoms with Crippen molar-refractivity contribution in [2.45, 2.75) is 12.8 Å². The smallest absolute Gasteiger partial charge is 0.392 e. The number of anilines is 1. The first-order valence-electron chi connectivity index (χ1n) is 7.74. The first-order chi connectivity index (χ1) is 13.2. The molecule has 146 valence electrons. The number of carbonyl (C=O) groups is 1. The predicted octanol–water partition coefficient (Wildman–Crippen LogP) is 4.90. The lowest BCUT2D eigenvalue weighted by Crippen LogP contribution is -2.13. The molecule has 5 nitrogen and oxygen atoms in total. The number of amides is 1. The number of aliphatic hydroxyl groups excluding tert-OH is 1. The number of benzene rings is 2. The summed E-state index contributed by atoms with van der Waals surface area (Å²) in [7, 11) is 0. The second-order valence-electron chi connectivity index (χ2n) is 5.68. The molecule has 0 bridgehead atoms. The van der Waals surface area contributed by atoms with Gasteiger partial charge in [0.2, 0.25) is 0 Å². The lowest BCUT2D eigenvalue weighted by Gasteiger charge is -2.08. The summed E-state index contributed by atoms with van der Waals surface area (Å²) in [6.07, 6.45) is -4.85. The SMILES string of the molecule is O=C(Nc1cccc(CO)c1)c1noc(-c2ccc(C(F)(F)F)c(F)c2)c1Cl. The fourth-order valence-electron chi connectivity index (χ4n) is 2.42. The molecule has 3 rings (SSSR count). The van der Waals surface area contributed by atoms with E-state index < -0.39 is 23.5 Å². The summed E-state index contributed by atoms with van der Waals surface area (Å²) < 4.78 is 56.7. The van der Waals surface area contributed by atoms with Crippen molar-refractivity contribution in [2.24, 2.45) is 0 Å². The number of hydrogen-bond donors (Lipinski definition) is 2. The Bertz CT molecular complexity index is 1030. The number of nitrogens with one attached hydrogen (secondary N) is 1. The van der Waals surface area contributed by atoms with Crippen molar-refractivity contribution in [3.8, 4) is 11.3 Å². The van der Waals surface area contributed by atoms with Crippen molar-refractivity contribution < 1.29 is 32.0 Å². The van der Waals surface area contributed by atoms with Crippen LogP contribution in [-0.4, -0.2) is 16.2 Å². The molecule has 0 aliphatic rings. The van der Waals surface area contributed by atoms with Crippen molar-refractivity contribution in [1.82, 2.24) is 5.16 Å². The normalized spacial score (nSPS) is 11.5. The van der Waals surface area contributed by atoms with Crippen LogP contribution in [0.3, 0.4) is 0 Å². The molecule has 0 unspecified atom stereocenters. The van der Waals surface area contributed by atoms with E-state index in [1.54, 1.807) is 18.2 Å². The van der Waals surface area contributed by atoms with Gasteiger partial charge in [0.15, 0.2) is 11.5 Å². The number of halogens is 5. The van der Waals surface area contributed by atoms with Gasteiger partial charge in [0.1, 0.15) is 10.8 Å². The number of hydrogen-bond acceptors (Lipinski definition) is 4. The Balaban J connectivity index is 1.87. The number of aliphatic hydroxyl groups is 1. The zero-order valence-electron chi connectivity index (χ0n) is 13.8. The van der Waals surface area contributed by atoms with Crippen molar-refractivity contribution in [3.63, 3.8) is 0 Å². The molecule has 28 heavy (non-hydrogen) atoms. The van der Waals surface area contributed by atoms with Gasteiger partial charge in [0.05, 0.1) is 12.2 Å². The standard InChI is InChI=1S/C18H11ClF4N2O3/c19-14-15(17(27)24-11-3-1-2-9(6-11)8-26)25-28-16(14)10-4-5-12(13(20)7-10)18(21,22)23/h1-7,26H,8H2,(H,24,27). The van der Waals surface area contributed by atoms with Gasteiger partial charge in [0, 0.05) is 11.3 Å². The lowest BCUT2D eigenvalue weighted by atomic mass is 10.1. The Morgan fingerprint density at radius 3 is 2.61 bits per heavy atom. The minimum Gasteiger partial charge on any atom is -0.392 e. The molecule has 0 aliphatic heterocycles. The van der Waals surface area contributed by atoms with E-state index in [2.05, 4.69) is 10.5 Å². The molecule has 0 radical (unpaired) electrons. The first-order valence-corrected chi connectivity index (χ1v) is 8.12. The number of nitrogens with zero attached hydrogens (tertiary/aromatic N) is 1. The van der Waals surface area contributed by atoms with Gasteiger partial charge in [-0.1, -0.05) is 35.0 Å². The molecule has 2 N–H and O–H groups in total. The number of rotatable bonds is 4. The molecule has 0 aliphatic carbocycles. The highest BCUT2D eigenvalue weighted by Crippen LogP contribution is 2.36. The zero-order chi connectivity index (χ0) is 20.5. The summed E-state index contributed by atoms with van der Waals surface area (Å²) in [4.78, 5) is 12.3. The maximum absolute atomic E-state index is 13.8. The van der Waals surface area contributed by atoms with Gasteiger partial charge in [-0.2, -0.15) is 13.2 Å². The van der Waals surface area contributed by atoms with E-state index in [0.29, 0.717) is 23.4 Å². The van der Waals surface area contributed by atoms with E-state index in [9.17, 15) is 22.4 Å². The van der Waals surface area contributed by atoms with Crippen LogP contribution in [0.15, 0.2) is 47.0 Å². The molecule has 10 heteroatoms. The highest BCUT2D eigenvalue weighted by molar-refractivity contribution is 6.36. The van der Waals surface area contributed by atoms with E-state index >= 15 is 0 Å². The molecule has 2 aromatic carbocycles. The number of carbonyl (C=O) groups excluding carboxylic acids is 1. The van der Waals surface area contributed by atoms with Gasteiger partial charge in [-0.3, -0.25) is 4.79 Å². The van der Waals surface area contributed by atoms with Crippen LogP contribution >= 0.6 is 11.6 Å². The Labute approximate surface area is 160 Å². The highest BCUT2D eigenvalue weighted by Gasteiger charge is 2.34. The van der Waals surface area contributed by atoms with E-state index in [4.69, 9.17) is 21.2 Å². The molecule has 0 fully saturated rings. The summed E-state index contributed by atoms with van der Waals surface area (Å²) in [6.45, 7) is -0.224. The maximum atomic E-state index is 13.8. The summed E-state index contributed by atoms with van der Waals surface area (Å²) in [5.74, 6) is -2.50. The van der Waals surface area contributed by atoms with E-state index in [-0.39, 0.29) is 28.6 Å². The maximum Gasteiger partial charge on any atom is 0.419 e. The van der Waals surface area contributed by atoms with Gasteiger partial charge in [0.25, 0.3) is 5.91 Å². The van der Waals surface area contributed by atoms with Crippen LogP contribution in [0.4, 0.5) is 23.2 Å². The van der Waals surface area contributed by atoms with E-state index in [1.165, 1.54) is 6.07 Å². The second-order valence-corrected chi connectivity index (χ2v) is 6.06. The highest BCUT2D eigenvalue weighted by atomic mass is 35.5. The van der Waals surface area contributed by atoms with Crippen molar-refractivity contribution in [2.75, 3.05) is 5.32 Å². The van der Waals surface area contributed by atoms with Crippen LogP contribution in [-0.2, 0) is 12.8 Å². The van der Waals surface area contributed by atoms with Crippen LogP contribution < -0.4 is 5.32 Å². The second kappa shape index (κ2) is 7.61. The molecule has 0 saturated heterocycles. The molecule has 1 heterocycles. The minimum absolute atomic E-state index is 0.107. The van der Waals surface area contributed by atoms with E-state index in [1.807, 2.05) is 0 Å². The molecule has 1 amide bonds. The Morgan fingerprint density at radius 2 is 1.96 bits per heavy atom. The fraction of sp³-hybridized carbons (Fsp3) is 0.111. The Kier molecular flexibility index (Phi) is 5.39. The summed E-state index contributed by atoms with van der Waals surface area (Å²) >= 11 is 6.06. The monoisotopic (exact) mass is 414 g/mol. The van der Waals surface area contributed by atoms with Crippen molar-refractivity contribution in [3.05, 3.63) is 70.1 Å². The quantitative estimate of drug-likeness (QED) is 0.596. The van der Waals surface area contributed by atoms with Crippen molar-refractivity contribution >= 4 is 23.2 Å². The van der Waals surface area contributed by atoms with Crippen LogP contribution in [0.25, 0.3) is 11.3 Å². The van der Waals surface area contributed by atoms with Gasteiger partial charge >= 0.3 is 6.18 Å². The topological polar surface area (TPSA) is 75.4 Å². The average Bonchev–Trinajstić information content (AvgIpc) is 3.02. The number of aromatic nitrogens is 1. The van der Waals surface area contributed by atoms with Gasteiger partial charge in [-0.15, -0.1) is 0 Å². The fourth-order valence-corrected chi connectivity index (χ4v) is 2.69. The van der Waals surface area contributed by atoms with Crippen molar-refractivity contribution in [1.29, 1.82) is 0 Å². The third-order valence-corrected chi connectivity index (χ3v) is 4.11. The van der Waals surface area contributed by atoms with Gasteiger partial charge in [-0.05, 0) is 29.8 Å². The van der Waals surface area contributed by atoms with Crippen LogP contribution in [0.1, 0.15) is 21.6 Å². The Morgan fingerprint density at radius 1 is 1.21 bits per heavy atom. The zero-order valence-corrected chi connectivity index (χ0v) is 14.6. The predicted molar refractivity (Wildman–Crippen MR) is 92.2 cm³/mol. The van der Waals surface area contributed by atoms with Crippen LogP contribution in [0.2, 0.25) is 5.02 Å². The lowest BCUT2D eigenvalue weighted by molar-refractivity contribution is -0.139. The molecular formula is C18H11ClF4N2O3. The van der Waals surface area contributed by atoms with Crippen LogP contribution in [0.5, 0.6) is 0 Å². The van der Waals surface area contributed by atoms with Gasteiger partial charge in [-0.25, -0.2) is 4.39 Å². The first kappa shape index (κ1) is 19.8. The third kappa shape index (κ3) is 4.00. The summed E-state index contributed by atoms with van der Waals surface area (Å²) in [5.41, 5.74) is -0.952. The average molecular weight is 415 g/mol. The Hall–Kier alpha value is -2.91. The third-order valence-electron chi connectivity index (χ3n) is 3.75. The molecule has 0 saturated carbocycles. The van der Waals surface area contributed by atoms with Crippen LogP contribution in [0, 0.1) is 5.82 Å². The van der Waals surface area contributed by atoms with Gasteiger partial charge < -0.3 is 14.9 Å².